The summed E-state index contributed by atoms with van der Waals surface area (Å²) in [5.74, 6) is 0.561. The summed E-state index contributed by atoms with van der Waals surface area (Å²) >= 11 is 0. The standard InChI is InChI=1S/C25H32N4O2S/c1-2-32(30,31)29-12-8-18(9-13-29)23-16-28-24-7-6-20(15-22(23)24)19-4-3-5-21(14-19)25-17-26-10-11-27-25/h3-7,14-16,18,25-28H,2,8-13,17H2,1H3. The maximum atomic E-state index is 12.2. The summed E-state index contributed by atoms with van der Waals surface area (Å²) < 4.78 is 26.1. The minimum Gasteiger partial charge on any atom is -0.361 e. The van der Waals surface area contributed by atoms with Gasteiger partial charge in [0.05, 0.1) is 5.75 Å². The van der Waals surface area contributed by atoms with E-state index in [1.165, 1.54) is 27.6 Å². The van der Waals surface area contributed by atoms with Gasteiger partial charge in [0.1, 0.15) is 0 Å². The van der Waals surface area contributed by atoms with Gasteiger partial charge in [-0.3, -0.25) is 0 Å². The zero-order valence-corrected chi connectivity index (χ0v) is 19.4. The number of hydrogen-bond acceptors (Lipinski definition) is 4. The largest absolute Gasteiger partial charge is 0.361 e. The number of piperidine rings is 1. The number of fused-ring (bicyclic) bond motifs is 1. The highest BCUT2D eigenvalue weighted by atomic mass is 32.2. The van der Waals surface area contributed by atoms with E-state index in [1.807, 2.05) is 0 Å². The fourth-order valence-corrected chi connectivity index (χ4v) is 6.24. The van der Waals surface area contributed by atoms with E-state index in [0.717, 1.165) is 38.0 Å². The maximum absolute atomic E-state index is 12.2. The summed E-state index contributed by atoms with van der Waals surface area (Å²) in [6.45, 7) is 5.91. The van der Waals surface area contributed by atoms with Crippen LogP contribution >= 0.6 is 0 Å². The summed E-state index contributed by atoms with van der Waals surface area (Å²) in [5, 5.41) is 8.31. The van der Waals surface area contributed by atoms with Crippen LogP contribution in [0.4, 0.5) is 0 Å². The molecule has 6 nitrogen and oxygen atoms in total. The van der Waals surface area contributed by atoms with Crippen LogP contribution in [0.2, 0.25) is 0 Å². The van der Waals surface area contributed by atoms with Gasteiger partial charge in [-0.05, 0) is 66.1 Å². The minimum atomic E-state index is -3.10. The fraction of sp³-hybridized carbons (Fsp3) is 0.440. The van der Waals surface area contributed by atoms with Gasteiger partial charge < -0.3 is 15.6 Å². The van der Waals surface area contributed by atoms with E-state index < -0.39 is 10.0 Å². The van der Waals surface area contributed by atoms with Gasteiger partial charge in [0.2, 0.25) is 10.0 Å². The first-order chi connectivity index (χ1) is 15.5. The number of benzene rings is 2. The molecule has 2 aromatic carbocycles. The van der Waals surface area contributed by atoms with Crippen molar-refractivity contribution in [3.63, 3.8) is 0 Å². The van der Waals surface area contributed by atoms with Crippen molar-refractivity contribution >= 4 is 20.9 Å². The zero-order valence-electron chi connectivity index (χ0n) is 18.6. The molecular weight excluding hydrogens is 420 g/mol. The van der Waals surface area contributed by atoms with Gasteiger partial charge >= 0.3 is 0 Å². The van der Waals surface area contributed by atoms with E-state index in [1.54, 1.807) is 11.2 Å². The molecule has 2 aliphatic heterocycles. The number of piperazine rings is 1. The maximum Gasteiger partial charge on any atom is 0.213 e. The molecule has 0 saturated carbocycles. The van der Waals surface area contributed by atoms with Crippen molar-refractivity contribution in [1.29, 1.82) is 0 Å². The number of rotatable bonds is 5. The van der Waals surface area contributed by atoms with E-state index in [2.05, 4.69) is 64.3 Å². The number of sulfonamides is 1. The van der Waals surface area contributed by atoms with Crippen LogP contribution < -0.4 is 10.6 Å². The van der Waals surface area contributed by atoms with Crippen LogP contribution in [0.1, 0.15) is 42.9 Å². The molecule has 3 aromatic rings. The van der Waals surface area contributed by atoms with Crippen molar-refractivity contribution in [2.75, 3.05) is 38.5 Å². The first-order valence-corrected chi connectivity index (χ1v) is 13.3. The lowest BCUT2D eigenvalue weighted by atomic mass is 9.89. The molecule has 2 saturated heterocycles. The topological polar surface area (TPSA) is 77.2 Å². The van der Waals surface area contributed by atoms with E-state index in [9.17, 15) is 8.42 Å². The van der Waals surface area contributed by atoms with Gasteiger partial charge in [0.25, 0.3) is 0 Å². The van der Waals surface area contributed by atoms with Crippen molar-refractivity contribution < 1.29 is 8.42 Å². The first-order valence-electron chi connectivity index (χ1n) is 11.7. The molecule has 1 unspecified atom stereocenters. The van der Waals surface area contributed by atoms with Crippen molar-refractivity contribution in [3.05, 3.63) is 59.8 Å². The summed E-state index contributed by atoms with van der Waals surface area (Å²) in [6, 6.07) is 15.8. The minimum absolute atomic E-state index is 0.180. The van der Waals surface area contributed by atoms with E-state index in [0.29, 0.717) is 25.0 Å². The van der Waals surface area contributed by atoms with Crippen LogP contribution in [0.15, 0.2) is 48.7 Å². The molecule has 0 bridgehead atoms. The fourth-order valence-electron chi connectivity index (χ4n) is 5.11. The Kier molecular flexibility index (Phi) is 6.07. The van der Waals surface area contributed by atoms with Crippen LogP contribution in [0, 0.1) is 0 Å². The number of H-pyrrole nitrogens is 1. The Hall–Kier alpha value is -2.19. The molecule has 0 amide bonds. The second-order valence-corrected chi connectivity index (χ2v) is 11.2. The van der Waals surface area contributed by atoms with Crippen molar-refractivity contribution in [2.45, 2.75) is 31.7 Å². The molecular formula is C25H32N4O2S. The van der Waals surface area contributed by atoms with Crippen molar-refractivity contribution in [2.24, 2.45) is 0 Å². The summed E-state index contributed by atoms with van der Waals surface area (Å²) in [7, 11) is -3.10. The highest BCUT2D eigenvalue weighted by Gasteiger charge is 2.28. The van der Waals surface area contributed by atoms with Gasteiger partial charge in [-0.2, -0.15) is 0 Å². The molecule has 0 radical (unpaired) electrons. The predicted molar refractivity (Wildman–Crippen MR) is 130 cm³/mol. The van der Waals surface area contributed by atoms with Gasteiger partial charge in [-0.1, -0.05) is 24.3 Å². The summed E-state index contributed by atoms with van der Waals surface area (Å²) in [4.78, 5) is 3.43. The molecule has 3 N–H and O–H groups in total. The molecule has 3 heterocycles. The third-order valence-corrected chi connectivity index (χ3v) is 8.91. The Morgan fingerprint density at radius 2 is 1.84 bits per heavy atom. The van der Waals surface area contributed by atoms with E-state index >= 15 is 0 Å². The number of nitrogens with one attached hydrogen (secondary N) is 3. The molecule has 1 atom stereocenters. The molecule has 32 heavy (non-hydrogen) atoms. The van der Waals surface area contributed by atoms with Crippen molar-refractivity contribution in [1.82, 2.24) is 19.9 Å². The summed E-state index contributed by atoms with van der Waals surface area (Å²) in [6.07, 6.45) is 3.86. The van der Waals surface area contributed by atoms with E-state index in [-0.39, 0.29) is 5.75 Å². The lowest BCUT2D eigenvalue weighted by Crippen LogP contribution is -2.42. The Morgan fingerprint density at radius 1 is 1.03 bits per heavy atom. The third-order valence-electron chi connectivity index (χ3n) is 7.03. The molecule has 2 aliphatic rings. The quantitative estimate of drug-likeness (QED) is 0.553. The molecule has 0 spiro atoms. The number of hydrogen-bond donors (Lipinski definition) is 3. The molecule has 0 aliphatic carbocycles. The van der Waals surface area contributed by atoms with Gasteiger partial charge in [0, 0.05) is 55.9 Å². The zero-order chi connectivity index (χ0) is 22.1. The predicted octanol–water partition coefficient (Wildman–Crippen LogP) is 3.60. The van der Waals surface area contributed by atoms with Crippen LogP contribution in [0.3, 0.4) is 0 Å². The smallest absolute Gasteiger partial charge is 0.213 e. The number of aromatic amines is 1. The van der Waals surface area contributed by atoms with Crippen LogP contribution in [0.25, 0.3) is 22.0 Å². The van der Waals surface area contributed by atoms with Gasteiger partial charge in [-0.15, -0.1) is 0 Å². The van der Waals surface area contributed by atoms with E-state index in [4.69, 9.17) is 0 Å². The van der Waals surface area contributed by atoms with Crippen LogP contribution in [0.5, 0.6) is 0 Å². The molecule has 7 heteroatoms. The number of nitrogens with zero attached hydrogens (tertiary/aromatic N) is 1. The highest BCUT2D eigenvalue weighted by Crippen LogP contribution is 2.36. The average molecular weight is 453 g/mol. The lowest BCUT2D eigenvalue weighted by molar-refractivity contribution is 0.321. The van der Waals surface area contributed by atoms with Crippen LogP contribution in [-0.4, -0.2) is 56.2 Å². The molecule has 5 rings (SSSR count). The second-order valence-electron chi connectivity index (χ2n) is 8.91. The number of aromatic nitrogens is 1. The molecule has 1 aromatic heterocycles. The molecule has 2 fully saturated rings. The third kappa shape index (κ3) is 4.22. The Labute approximate surface area is 190 Å². The Morgan fingerprint density at radius 3 is 2.59 bits per heavy atom. The molecule has 170 valence electrons. The first kappa shape index (κ1) is 21.6. The normalized spacial score (nSPS) is 21.2. The summed E-state index contributed by atoms with van der Waals surface area (Å²) in [5.41, 5.74) is 6.21. The monoisotopic (exact) mass is 452 g/mol. The SMILES string of the molecule is CCS(=O)(=O)N1CCC(c2c[nH]c3ccc(-c4cccc(C5CNCCN5)c4)cc23)CC1. The lowest BCUT2D eigenvalue weighted by Gasteiger charge is -2.30. The van der Waals surface area contributed by atoms with Gasteiger partial charge in [0.15, 0.2) is 0 Å². The Balaban J connectivity index is 1.40. The highest BCUT2D eigenvalue weighted by molar-refractivity contribution is 7.89. The van der Waals surface area contributed by atoms with Gasteiger partial charge in [-0.25, -0.2) is 12.7 Å². The Bertz CT molecular complexity index is 1190. The second kappa shape index (κ2) is 8.98. The average Bonchev–Trinajstić information content (AvgIpc) is 3.28. The van der Waals surface area contributed by atoms with Crippen molar-refractivity contribution in [3.8, 4) is 11.1 Å². The van der Waals surface area contributed by atoms with Crippen LogP contribution in [-0.2, 0) is 10.0 Å².